The number of nitrogens with two attached hydrogens (primary N) is 1. The molecule has 0 fully saturated rings. The van der Waals surface area contributed by atoms with Crippen molar-refractivity contribution >= 4 is 27.5 Å². The molecule has 15 heavy (non-hydrogen) atoms. The molecule has 1 atom stereocenters. The Labute approximate surface area is 104 Å². The first-order valence-electron chi connectivity index (χ1n) is 4.68. The van der Waals surface area contributed by atoms with Gasteiger partial charge in [-0.05, 0) is 23.8 Å². The highest BCUT2D eigenvalue weighted by Crippen LogP contribution is 2.26. The third-order valence-corrected chi connectivity index (χ3v) is 3.04. The van der Waals surface area contributed by atoms with E-state index in [1.165, 1.54) is 0 Å². The van der Waals surface area contributed by atoms with E-state index in [9.17, 15) is 0 Å². The van der Waals surface area contributed by atoms with E-state index in [1.54, 1.807) is 6.08 Å². The molecule has 4 heteroatoms. The summed E-state index contributed by atoms with van der Waals surface area (Å²) in [5.41, 5.74) is 6.78. The molecule has 0 amide bonds. The zero-order valence-electron chi connectivity index (χ0n) is 8.34. The Morgan fingerprint density at radius 2 is 2.33 bits per heavy atom. The Kier molecular flexibility index (Phi) is 5.32. The fourth-order valence-corrected chi connectivity index (χ4v) is 2.03. The van der Waals surface area contributed by atoms with Crippen molar-refractivity contribution in [3.05, 3.63) is 45.9 Å². The SMILES string of the molecule is C=CCNC(CN)c1cc(Cl)ccc1Br. The molecule has 0 aliphatic heterocycles. The quantitative estimate of drug-likeness (QED) is 0.818. The van der Waals surface area contributed by atoms with Crippen molar-refractivity contribution in [3.63, 3.8) is 0 Å². The maximum atomic E-state index is 5.94. The lowest BCUT2D eigenvalue weighted by atomic mass is 10.1. The Morgan fingerprint density at radius 1 is 1.60 bits per heavy atom. The van der Waals surface area contributed by atoms with Crippen LogP contribution in [0.3, 0.4) is 0 Å². The lowest BCUT2D eigenvalue weighted by Gasteiger charge is -2.18. The number of rotatable bonds is 5. The summed E-state index contributed by atoms with van der Waals surface area (Å²) in [5.74, 6) is 0. The van der Waals surface area contributed by atoms with Gasteiger partial charge in [0.15, 0.2) is 0 Å². The molecular formula is C11H14BrClN2. The van der Waals surface area contributed by atoms with Gasteiger partial charge in [0.25, 0.3) is 0 Å². The summed E-state index contributed by atoms with van der Waals surface area (Å²) in [7, 11) is 0. The number of hydrogen-bond donors (Lipinski definition) is 2. The smallest absolute Gasteiger partial charge is 0.0458 e. The Hall–Kier alpha value is -0.350. The largest absolute Gasteiger partial charge is 0.329 e. The zero-order valence-corrected chi connectivity index (χ0v) is 10.7. The first-order valence-corrected chi connectivity index (χ1v) is 5.85. The third kappa shape index (κ3) is 3.61. The molecule has 0 heterocycles. The fraction of sp³-hybridized carbons (Fsp3) is 0.273. The Morgan fingerprint density at radius 3 is 2.93 bits per heavy atom. The molecule has 0 spiro atoms. The number of halogens is 2. The first kappa shape index (κ1) is 12.7. The van der Waals surface area contributed by atoms with Crippen molar-refractivity contribution in [2.24, 2.45) is 5.73 Å². The number of hydrogen-bond acceptors (Lipinski definition) is 2. The van der Waals surface area contributed by atoms with Gasteiger partial charge in [0, 0.05) is 28.6 Å². The average molecular weight is 290 g/mol. The topological polar surface area (TPSA) is 38.0 Å². The maximum Gasteiger partial charge on any atom is 0.0458 e. The van der Waals surface area contributed by atoms with Gasteiger partial charge in [0.2, 0.25) is 0 Å². The van der Waals surface area contributed by atoms with Crippen molar-refractivity contribution in [3.8, 4) is 0 Å². The van der Waals surface area contributed by atoms with Gasteiger partial charge in [-0.15, -0.1) is 6.58 Å². The summed E-state index contributed by atoms with van der Waals surface area (Å²) in [4.78, 5) is 0. The highest BCUT2D eigenvalue weighted by molar-refractivity contribution is 9.10. The molecule has 0 aliphatic rings. The van der Waals surface area contributed by atoms with Gasteiger partial charge in [-0.1, -0.05) is 33.6 Å². The highest BCUT2D eigenvalue weighted by atomic mass is 79.9. The molecule has 0 bridgehead atoms. The summed E-state index contributed by atoms with van der Waals surface area (Å²) < 4.78 is 1.01. The molecule has 1 unspecified atom stereocenters. The molecule has 0 aromatic heterocycles. The van der Waals surface area contributed by atoms with E-state index in [0.29, 0.717) is 11.6 Å². The lowest BCUT2D eigenvalue weighted by Crippen LogP contribution is -2.28. The normalized spacial score (nSPS) is 12.5. The third-order valence-electron chi connectivity index (χ3n) is 2.08. The van der Waals surface area contributed by atoms with Crippen LogP contribution >= 0.6 is 27.5 Å². The van der Waals surface area contributed by atoms with E-state index in [2.05, 4.69) is 27.8 Å². The molecule has 1 aromatic carbocycles. The average Bonchev–Trinajstić information content (AvgIpc) is 2.24. The van der Waals surface area contributed by atoms with Gasteiger partial charge in [0.05, 0.1) is 0 Å². The lowest BCUT2D eigenvalue weighted by molar-refractivity contribution is 0.575. The van der Waals surface area contributed by atoms with Gasteiger partial charge in [-0.2, -0.15) is 0 Å². The molecule has 2 nitrogen and oxygen atoms in total. The van der Waals surface area contributed by atoms with Crippen LogP contribution in [0.4, 0.5) is 0 Å². The molecule has 0 saturated heterocycles. The van der Waals surface area contributed by atoms with Crippen LogP contribution in [-0.2, 0) is 0 Å². The van der Waals surface area contributed by atoms with Crippen LogP contribution in [0.1, 0.15) is 11.6 Å². The van der Waals surface area contributed by atoms with Crippen LogP contribution in [0.2, 0.25) is 5.02 Å². The predicted octanol–water partition coefficient (Wildman–Crippen LogP) is 2.88. The van der Waals surface area contributed by atoms with Crippen molar-refractivity contribution in [2.75, 3.05) is 13.1 Å². The zero-order chi connectivity index (χ0) is 11.3. The number of benzene rings is 1. The molecule has 1 aromatic rings. The van der Waals surface area contributed by atoms with Crippen LogP contribution < -0.4 is 11.1 Å². The van der Waals surface area contributed by atoms with E-state index in [4.69, 9.17) is 17.3 Å². The van der Waals surface area contributed by atoms with Gasteiger partial charge in [-0.3, -0.25) is 0 Å². The van der Waals surface area contributed by atoms with Gasteiger partial charge >= 0.3 is 0 Å². The monoisotopic (exact) mass is 288 g/mol. The summed E-state index contributed by atoms with van der Waals surface area (Å²) in [6, 6.07) is 5.78. The second kappa shape index (κ2) is 6.28. The Bertz CT molecular complexity index is 341. The summed E-state index contributed by atoms with van der Waals surface area (Å²) in [6.45, 7) is 4.90. The van der Waals surface area contributed by atoms with Gasteiger partial charge in [0.1, 0.15) is 0 Å². The minimum absolute atomic E-state index is 0.0936. The van der Waals surface area contributed by atoms with E-state index in [0.717, 1.165) is 16.6 Å². The Balaban J connectivity index is 2.89. The molecule has 0 saturated carbocycles. The molecule has 0 radical (unpaired) electrons. The van der Waals surface area contributed by atoms with E-state index < -0.39 is 0 Å². The van der Waals surface area contributed by atoms with Crippen molar-refractivity contribution in [1.82, 2.24) is 5.32 Å². The highest BCUT2D eigenvalue weighted by Gasteiger charge is 2.11. The van der Waals surface area contributed by atoms with E-state index in [1.807, 2.05) is 18.2 Å². The summed E-state index contributed by atoms with van der Waals surface area (Å²) in [6.07, 6.45) is 1.81. The second-order valence-electron chi connectivity index (χ2n) is 3.15. The first-order chi connectivity index (χ1) is 7.19. The van der Waals surface area contributed by atoms with Crippen LogP contribution in [0.5, 0.6) is 0 Å². The minimum atomic E-state index is 0.0936. The molecular weight excluding hydrogens is 275 g/mol. The molecule has 3 N–H and O–H groups in total. The minimum Gasteiger partial charge on any atom is -0.329 e. The fourth-order valence-electron chi connectivity index (χ4n) is 1.33. The van der Waals surface area contributed by atoms with Crippen LogP contribution in [0.15, 0.2) is 35.3 Å². The van der Waals surface area contributed by atoms with Crippen molar-refractivity contribution < 1.29 is 0 Å². The second-order valence-corrected chi connectivity index (χ2v) is 4.44. The van der Waals surface area contributed by atoms with Gasteiger partial charge in [-0.25, -0.2) is 0 Å². The molecule has 0 aliphatic carbocycles. The predicted molar refractivity (Wildman–Crippen MR) is 69.1 cm³/mol. The van der Waals surface area contributed by atoms with Crippen LogP contribution in [0, 0.1) is 0 Å². The number of nitrogens with one attached hydrogen (secondary N) is 1. The molecule has 82 valence electrons. The van der Waals surface area contributed by atoms with Crippen molar-refractivity contribution in [2.45, 2.75) is 6.04 Å². The summed E-state index contributed by atoms with van der Waals surface area (Å²) in [5, 5.41) is 3.99. The standard InChI is InChI=1S/C11H14BrClN2/c1-2-5-15-11(7-14)9-6-8(13)3-4-10(9)12/h2-4,6,11,15H,1,5,7,14H2. The van der Waals surface area contributed by atoms with Crippen LogP contribution in [0.25, 0.3) is 0 Å². The van der Waals surface area contributed by atoms with Crippen LogP contribution in [-0.4, -0.2) is 13.1 Å². The van der Waals surface area contributed by atoms with Crippen molar-refractivity contribution in [1.29, 1.82) is 0 Å². The molecule has 1 rings (SSSR count). The van der Waals surface area contributed by atoms with E-state index >= 15 is 0 Å². The van der Waals surface area contributed by atoms with E-state index in [-0.39, 0.29) is 6.04 Å². The maximum absolute atomic E-state index is 5.94. The summed E-state index contributed by atoms with van der Waals surface area (Å²) >= 11 is 9.43. The van der Waals surface area contributed by atoms with Gasteiger partial charge < -0.3 is 11.1 Å².